The van der Waals surface area contributed by atoms with Gasteiger partial charge in [0.2, 0.25) is 0 Å². The number of phenolic OH excluding ortho intramolecular Hbond substituents is 1. The molecular formula is C11H14O5. The minimum Gasteiger partial charge on any atom is -0.504 e. The van der Waals surface area contributed by atoms with Gasteiger partial charge in [-0.15, -0.1) is 0 Å². The van der Waals surface area contributed by atoms with E-state index in [-0.39, 0.29) is 17.9 Å². The van der Waals surface area contributed by atoms with Gasteiger partial charge in [0.15, 0.2) is 11.5 Å². The van der Waals surface area contributed by atoms with Crippen LogP contribution in [0.3, 0.4) is 0 Å². The van der Waals surface area contributed by atoms with E-state index in [1.807, 2.05) is 0 Å². The molecule has 0 aromatic heterocycles. The summed E-state index contributed by atoms with van der Waals surface area (Å²) in [5.74, 6) is -0.879. The molecule has 0 spiro atoms. The van der Waals surface area contributed by atoms with Crippen molar-refractivity contribution in [2.75, 3.05) is 6.61 Å². The van der Waals surface area contributed by atoms with Crippen LogP contribution in [0.1, 0.15) is 25.0 Å². The molecule has 0 saturated heterocycles. The number of carbonyl (C=O) groups is 1. The molecule has 1 rings (SSSR count). The lowest BCUT2D eigenvalue weighted by atomic mass is 10.1. The van der Waals surface area contributed by atoms with E-state index in [0.29, 0.717) is 12.2 Å². The first-order chi connectivity index (χ1) is 7.54. The summed E-state index contributed by atoms with van der Waals surface area (Å²) in [5.41, 5.74) is 0.406. The molecule has 0 heterocycles. The molecule has 0 amide bonds. The first-order valence-electron chi connectivity index (χ1n) is 4.90. The fourth-order valence-electron chi connectivity index (χ4n) is 1.29. The number of rotatable bonds is 5. The Balaban J connectivity index is 2.88. The molecule has 0 aliphatic rings. The molecule has 1 aromatic rings. The van der Waals surface area contributed by atoms with E-state index in [9.17, 15) is 15.0 Å². The second kappa shape index (κ2) is 5.37. The summed E-state index contributed by atoms with van der Waals surface area (Å²) in [7, 11) is 0. The lowest BCUT2D eigenvalue weighted by Gasteiger charge is -2.11. The molecule has 16 heavy (non-hydrogen) atoms. The quantitative estimate of drug-likeness (QED) is 0.704. The molecule has 88 valence electrons. The Morgan fingerprint density at radius 1 is 1.50 bits per heavy atom. The molecular weight excluding hydrogens is 212 g/mol. The summed E-state index contributed by atoms with van der Waals surface area (Å²) < 4.78 is 5.12. The second-order valence-electron chi connectivity index (χ2n) is 3.27. The van der Waals surface area contributed by atoms with E-state index in [4.69, 9.17) is 9.84 Å². The average Bonchev–Trinajstić information content (AvgIpc) is 2.20. The summed E-state index contributed by atoms with van der Waals surface area (Å²) in [6, 6.07) is 4.27. The lowest BCUT2D eigenvalue weighted by molar-refractivity contribution is -0.139. The summed E-state index contributed by atoms with van der Waals surface area (Å²) in [6.45, 7) is 2.14. The van der Waals surface area contributed by atoms with Crippen LogP contribution in [0, 0.1) is 0 Å². The number of aliphatic hydroxyl groups is 1. The molecule has 3 N–H and O–H groups in total. The Morgan fingerprint density at radius 3 is 2.75 bits per heavy atom. The molecule has 0 saturated carbocycles. The molecule has 0 aliphatic carbocycles. The molecule has 0 bridgehead atoms. The molecule has 0 fully saturated rings. The van der Waals surface area contributed by atoms with Crippen molar-refractivity contribution in [1.29, 1.82) is 0 Å². The summed E-state index contributed by atoms with van der Waals surface area (Å²) in [4.78, 5) is 10.4. The van der Waals surface area contributed by atoms with Crippen LogP contribution in [0.5, 0.6) is 11.5 Å². The Kier molecular flexibility index (Phi) is 4.13. The van der Waals surface area contributed by atoms with E-state index in [0.717, 1.165) is 0 Å². The van der Waals surface area contributed by atoms with Crippen molar-refractivity contribution in [3.8, 4) is 11.5 Å². The third-order valence-corrected chi connectivity index (χ3v) is 2.04. The minimum atomic E-state index is -1.10. The highest BCUT2D eigenvalue weighted by molar-refractivity contribution is 5.67. The Bertz CT molecular complexity index is 375. The van der Waals surface area contributed by atoms with Crippen LogP contribution in [-0.4, -0.2) is 27.9 Å². The van der Waals surface area contributed by atoms with E-state index in [2.05, 4.69) is 0 Å². The second-order valence-corrected chi connectivity index (χ2v) is 3.27. The molecule has 5 nitrogen and oxygen atoms in total. The largest absolute Gasteiger partial charge is 0.504 e. The standard InChI is InChI=1S/C11H14O5/c1-2-16-10-5-7(3-4-8(10)12)9(13)6-11(14)15/h3-5,9,12-13H,2,6H2,1H3,(H,14,15). The highest BCUT2D eigenvalue weighted by Gasteiger charge is 2.14. The number of carboxylic acid groups (broad SMARTS) is 1. The highest BCUT2D eigenvalue weighted by atomic mass is 16.5. The number of aliphatic carboxylic acids is 1. The smallest absolute Gasteiger partial charge is 0.306 e. The van der Waals surface area contributed by atoms with E-state index >= 15 is 0 Å². The zero-order valence-electron chi connectivity index (χ0n) is 8.88. The third-order valence-electron chi connectivity index (χ3n) is 2.04. The number of aromatic hydroxyl groups is 1. The molecule has 1 unspecified atom stereocenters. The number of ether oxygens (including phenoxy) is 1. The monoisotopic (exact) mass is 226 g/mol. The zero-order valence-corrected chi connectivity index (χ0v) is 8.88. The van der Waals surface area contributed by atoms with E-state index < -0.39 is 12.1 Å². The van der Waals surface area contributed by atoms with Gasteiger partial charge in [0.25, 0.3) is 0 Å². The van der Waals surface area contributed by atoms with Gasteiger partial charge < -0.3 is 20.1 Å². The van der Waals surface area contributed by atoms with Gasteiger partial charge in [0, 0.05) is 0 Å². The maximum Gasteiger partial charge on any atom is 0.306 e. The Hall–Kier alpha value is -1.75. The lowest BCUT2D eigenvalue weighted by Crippen LogP contribution is -2.05. The number of hydrogen-bond acceptors (Lipinski definition) is 4. The van der Waals surface area contributed by atoms with Crippen molar-refractivity contribution in [3.05, 3.63) is 23.8 Å². The molecule has 1 aromatic carbocycles. The highest BCUT2D eigenvalue weighted by Crippen LogP contribution is 2.30. The predicted molar refractivity (Wildman–Crippen MR) is 56.5 cm³/mol. The third kappa shape index (κ3) is 3.13. The van der Waals surface area contributed by atoms with Gasteiger partial charge in [-0.25, -0.2) is 0 Å². The van der Waals surface area contributed by atoms with Crippen LogP contribution in [0.4, 0.5) is 0 Å². The molecule has 5 heteroatoms. The number of aliphatic hydroxyl groups excluding tert-OH is 1. The van der Waals surface area contributed by atoms with Crippen LogP contribution in [0.25, 0.3) is 0 Å². The number of benzene rings is 1. The summed E-state index contributed by atoms with van der Waals surface area (Å²) in [5, 5.41) is 27.5. The maximum atomic E-state index is 10.4. The maximum absolute atomic E-state index is 10.4. The summed E-state index contributed by atoms with van der Waals surface area (Å²) in [6.07, 6.45) is -1.48. The Labute approximate surface area is 92.9 Å². The van der Waals surface area contributed by atoms with Gasteiger partial charge in [0.05, 0.1) is 19.1 Å². The molecule has 0 aliphatic heterocycles. The van der Waals surface area contributed by atoms with Crippen molar-refractivity contribution >= 4 is 5.97 Å². The van der Waals surface area contributed by atoms with Gasteiger partial charge in [-0.3, -0.25) is 4.79 Å². The van der Waals surface area contributed by atoms with Gasteiger partial charge >= 0.3 is 5.97 Å². The van der Waals surface area contributed by atoms with Gasteiger partial charge in [0.1, 0.15) is 0 Å². The van der Waals surface area contributed by atoms with Crippen LogP contribution in [0.15, 0.2) is 18.2 Å². The normalized spacial score (nSPS) is 12.1. The van der Waals surface area contributed by atoms with Crippen molar-refractivity contribution in [1.82, 2.24) is 0 Å². The minimum absolute atomic E-state index is 0.0341. The van der Waals surface area contributed by atoms with Crippen LogP contribution < -0.4 is 4.74 Å². The van der Waals surface area contributed by atoms with Crippen LogP contribution in [0.2, 0.25) is 0 Å². The van der Waals surface area contributed by atoms with E-state index in [1.165, 1.54) is 18.2 Å². The topological polar surface area (TPSA) is 87.0 Å². The van der Waals surface area contributed by atoms with Crippen molar-refractivity contribution in [2.24, 2.45) is 0 Å². The van der Waals surface area contributed by atoms with Crippen molar-refractivity contribution < 1.29 is 24.9 Å². The average molecular weight is 226 g/mol. The molecule has 1 atom stereocenters. The number of hydrogen-bond donors (Lipinski definition) is 3. The fraction of sp³-hybridized carbons (Fsp3) is 0.364. The van der Waals surface area contributed by atoms with Crippen molar-refractivity contribution in [3.63, 3.8) is 0 Å². The molecule has 0 radical (unpaired) electrons. The van der Waals surface area contributed by atoms with Gasteiger partial charge in [-0.05, 0) is 24.6 Å². The number of phenols is 1. The first-order valence-corrected chi connectivity index (χ1v) is 4.90. The van der Waals surface area contributed by atoms with Crippen LogP contribution >= 0.6 is 0 Å². The van der Waals surface area contributed by atoms with Gasteiger partial charge in [-0.2, -0.15) is 0 Å². The number of carboxylic acids is 1. The Morgan fingerprint density at radius 2 is 2.19 bits per heavy atom. The van der Waals surface area contributed by atoms with Gasteiger partial charge in [-0.1, -0.05) is 6.07 Å². The van der Waals surface area contributed by atoms with Crippen LogP contribution in [-0.2, 0) is 4.79 Å². The fourth-order valence-corrected chi connectivity index (χ4v) is 1.29. The summed E-state index contributed by atoms with van der Waals surface area (Å²) >= 11 is 0. The zero-order chi connectivity index (χ0) is 12.1. The first kappa shape index (κ1) is 12.3. The van der Waals surface area contributed by atoms with Crippen molar-refractivity contribution in [2.45, 2.75) is 19.4 Å². The van der Waals surface area contributed by atoms with E-state index in [1.54, 1.807) is 6.92 Å². The SMILES string of the molecule is CCOc1cc(C(O)CC(=O)O)ccc1O. The predicted octanol–water partition coefficient (Wildman–Crippen LogP) is 1.30.